The zero-order valence-corrected chi connectivity index (χ0v) is 11.9. The highest BCUT2D eigenvalue weighted by Crippen LogP contribution is 2.27. The minimum Gasteiger partial charge on any atom is -0.378 e. The van der Waals surface area contributed by atoms with Crippen molar-refractivity contribution in [1.29, 1.82) is 0 Å². The van der Waals surface area contributed by atoms with E-state index in [9.17, 15) is 14.4 Å². The second-order valence-electron chi connectivity index (χ2n) is 4.96. The van der Waals surface area contributed by atoms with Gasteiger partial charge in [0.1, 0.15) is 6.29 Å². The lowest BCUT2D eigenvalue weighted by molar-refractivity contribution is -0.119. The Morgan fingerprint density at radius 3 is 2.86 bits per heavy atom. The van der Waals surface area contributed by atoms with Crippen LogP contribution >= 0.6 is 0 Å². The number of anilines is 1. The Hall–Kier alpha value is -2.43. The van der Waals surface area contributed by atoms with Crippen LogP contribution in [0.2, 0.25) is 0 Å². The summed E-state index contributed by atoms with van der Waals surface area (Å²) in [5.74, 6) is -0.568. The number of amides is 1. The third kappa shape index (κ3) is 3.78. The lowest BCUT2D eigenvalue weighted by atomic mass is 9.91. The van der Waals surface area contributed by atoms with E-state index in [1.807, 2.05) is 24.3 Å². The van der Waals surface area contributed by atoms with E-state index in [1.165, 1.54) is 18.6 Å². The topological polar surface area (TPSA) is 75.3 Å². The number of ketones is 1. The monoisotopic (exact) mass is 286 g/mol. The van der Waals surface area contributed by atoms with Crippen LogP contribution in [0.15, 0.2) is 35.9 Å². The number of para-hydroxylation sites is 1. The molecule has 1 aromatic rings. The molecule has 0 aliphatic carbocycles. The number of fused-ring (bicyclic) bond motifs is 1. The first-order valence-electron chi connectivity index (χ1n) is 6.90. The number of hydrogen-bond acceptors (Lipinski definition) is 4. The predicted octanol–water partition coefficient (Wildman–Crippen LogP) is 1.24. The molecule has 1 aliphatic heterocycles. The van der Waals surface area contributed by atoms with Crippen molar-refractivity contribution >= 4 is 23.7 Å². The number of aldehydes is 1. The Kier molecular flexibility index (Phi) is 4.87. The van der Waals surface area contributed by atoms with Crippen molar-refractivity contribution in [2.45, 2.75) is 25.8 Å². The van der Waals surface area contributed by atoms with Crippen molar-refractivity contribution in [2.75, 3.05) is 11.9 Å². The van der Waals surface area contributed by atoms with Crippen molar-refractivity contribution in [3.05, 3.63) is 41.5 Å². The average Bonchev–Trinajstić information content (AvgIpc) is 2.49. The Labute approximate surface area is 123 Å². The van der Waals surface area contributed by atoms with E-state index in [2.05, 4.69) is 10.6 Å². The van der Waals surface area contributed by atoms with E-state index < -0.39 is 5.91 Å². The summed E-state index contributed by atoms with van der Waals surface area (Å²) in [6, 6.07) is 7.75. The molecule has 5 nitrogen and oxygen atoms in total. The quantitative estimate of drug-likeness (QED) is 0.631. The van der Waals surface area contributed by atoms with Crippen LogP contribution in [0.3, 0.4) is 0 Å². The van der Waals surface area contributed by atoms with Gasteiger partial charge in [0.25, 0.3) is 0 Å². The number of carbonyl (C=O) groups excluding carboxylic acids is 3. The lowest BCUT2D eigenvalue weighted by Crippen LogP contribution is -2.32. The van der Waals surface area contributed by atoms with Crippen LogP contribution in [0.5, 0.6) is 0 Å². The SMILES string of the molecule is CC(=O)C(=CC(=O)NCC=O)C1CCc2ccccc2N1. The number of Topliss-reactive ketones (excluding diaryl/α,β-unsaturated/α-hetero) is 1. The molecule has 110 valence electrons. The molecule has 21 heavy (non-hydrogen) atoms. The van der Waals surface area contributed by atoms with Crippen LogP contribution in [0.25, 0.3) is 0 Å². The molecular weight excluding hydrogens is 268 g/mol. The second-order valence-corrected chi connectivity index (χ2v) is 4.96. The highest BCUT2D eigenvalue weighted by atomic mass is 16.2. The van der Waals surface area contributed by atoms with Crippen molar-refractivity contribution in [3.63, 3.8) is 0 Å². The lowest BCUT2D eigenvalue weighted by Gasteiger charge is -2.28. The van der Waals surface area contributed by atoms with Crippen molar-refractivity contribution < 1.29 is 14.4 Å². The smallest absolute Gasteiger partial charge is 0.244 e. The largest absolute Gasteiger partial charge is 0.378 e. The van der Waals surface area contributed by atoms with Crippen LogP contribution in [0.1, 0.15) is 18.9 Å². The fourth-order valence-electron chi connectivity index (χ4n) is 2.45. The maximum Gasteiger partial charge on any atom is 0.244 e. The number of hydrogen-bond donors (Lipinski definition) is 2. The first-order valence-corrected chi connectivity index (χ1v) is 6.90. The second kappa shape index (κ2) is 6.83. The number of rotatable bonds is 5. The van der Waals surface area contributed by atoms with Crippen LogP contribution in [-0.2, 0) is 20.8 Å². The van der Waals surface area contributed by atoms with Gasteiger partial charge in [-0.2, -0.15) is 0 Å². The molecule has 1 atom stereocenters. The predicted molar refractivity (Wildman–Crippen MR) is 80.0 cm³/mol. The summed E-state index contributed by atoms with van der Waals surface area (Å²) < 4.78 is 0. The van der Waals surface area contributed by atoms with Crippen molar-refractivity contribution in [3.8, 4) is 0 Å². The Bertz CT molecular complexity index is 593. The summed E-state index contributed by atoms with van der Waals surface area (Å²) in [7, 11) is 0. The molecule has 0 radical (unpaired) electrons. The van der Waals surface area contributed by atoms with Crippen LogP contribution in [0.4, 0.5) is 5.69 Å². The average molecular weight is 286 g/mol. The highest BCUT2D eigenvalue weighted by molar-refractivity contribution is 6.02. The standard InChI is InChI=1S/C16H18N2O3/c1-11(20)13(10-16(21)17-8-9-19)15-7-6-12-4-2-3-5-14(12)18-15/h2-5,9-10,15,18H,6-8H2,1H3,(H,17,21). The summed E-state index contributed by atoms with van der Waals surface area (Å²) in [6.45, 7) is 1.39. The molecule has 0 bridgehead atoms. The summed E-state index contributed by atoms with van der Waals surface area (Å²) >= 11 is 0. The fraction of sp³-hybridized carbons (Fsp3) is 0.312. The summed E-state index contributed by atoms with van der Waals surface area (Å²) in [5.41, 5.74) is 2.64. The minimum absolute atomic E-state index is 0.0541. The van der Waals surface area contributed by atoms with Gasteiger partial charge in [-0.1, -0.05) is 18.2 Å². The summed E-state index contributed by atoms with van der Waals surface area (Å²) in [5, 5.41) is 5.71. The third-order valence-electron chi connectivity index (χ3n) is 3.48. The Morgan fingerprint density at radius 1 is 1.38 bits per heavy atom. The van der Waals surface area contributed by atoms with Gasteiger partial charge in [-0.15, -0.1) is 0 Å². The molecule has 1 aliphatic rings. The number of aryl methyl sites for hydroxylation is 1. The van der Waals surface area contributed by atoms with Crippen molar-refractivity contribution in [1.82, 2.24) is 5.32 Å². The molecule has 2 rings (SSSR count). The molecule has 0 aromatic heterocycles. The van der Waals surface area contributed by atoms with Gasteiger partial charge in [-0.05, 0) is 31.4 Å². The number of carbonyl (C=O) groups is 3. The molecule has 0 fully saturated rings. The molecule has 1 aromatic carbocycles. The zero-order chi connectivity index (χ0) is 15.2. The molecule has 0 saturated heterocycles. The zero-order valence-electron chi connectivity index (χ0n) is 11.9. The Morgan fingerprint density at radius 2 is 2.14 bits per heavy atom. The molecule has 0 spiro atoms. The molecule has 1 unspecified atom stereocenters. The first-order chi connectivity index (χ1) is 10.1. The highest BCUT2D eigenvalue weighted by Gasteiger charge is 2.23. The van der Waals surface area contributed by atoms with Gasteiger partial charge in [0, 0.05) is 17.3 Å². The van der Waals surface area contributed by atoms with Gasteiger partial charge >= 0.3 is 0 Å². The van der Waals surface area contributed by atoms with E-state index in [4.69, 9.17) is 0 Å². The number of nitrogens with one attached hydrogen (secondary N) is 2. The molecular formula is C16H18N2O3. The summed E-state index contributed by atoms with van der Waals surface area (Å²) in [4.78, 5) is 33.7. The van der Waals surface area contributed by atoms with Crippen molar-refractivity contribution in [2.24, 2.45) is 0 Å². The van der Waals surface area contributed by atoms with Gasteiger partial charge in [0.2, 0.25) is 5.91 Å². The van der Waals surface area contributed by atoms with Gasteiger partial charge in [-0.25, -0.2) is 0 Å². The normalized spacial score (nSPS) is 17.4. The van der Waals surface area contributed by atoms with E-state index in [-0.39, 0.29) is 18.4 Å². The fourth-order valence-corrected chi connectivity index (χ4v) is 2.45. The van der Waals surface area contributed by atoms with E-state index in [1.54, 1.807) is 0 Å². The van der Waals surface area contributed by atoms with E-state index in [0.717, 1.165) is 18.5 Å². The van der Waals surface area contributed by atoms with Gasteiger partial charge in [-0.3, -0.25) is 9.59 Å². The maximum atomic E-state index is 11.8. The summed E-state index contributed by atoms with van der Waals surface area (Å²) in [6.07, 6.45) is 3.50. The van der Waals surface area contributed by atoms with E-state index in [0.29, 0.717) is 11.9 Å². The van der Waals surface area contributed by atoms with Gasteiger partial charge < -0.3 is 15.4 Å². The van der Waals surface area contributed by atoms with Crippen LogP contribution in [-0.4, -0.2) is 30.6 Å². The molecule has 5 heteroatoms. The maximum absolute atomic E-state index is 11.8. The van der Waals surface area contributed by atoms with Crippen LogP contribution < -0.4 is 10.6 Å². The molecule has 2 N–H and O–H groups in total. The number of benzene rings is 1. The van der Waals surface area contributed by atoms with Gasteiger partial charge in [0.15, 0.2) is 5.78 Å². The molecule has 1 heterocycles. The van der Waals surface area contributed by atoms with Crippen LogP contribution in [0, 0.1) is 0 Å². The third-order valence-corrected chi connectivity index (χ3v) is 3.48. The van der Waals surface area contributed by atoms with E-state index >= 15 is 0 Å². The first kappa shape index (κ1) is 15.0. The molecule has 1 amide bonds. The minimum atomic E-state index is -0.423. The molecule has 0 saturated carbocycles. The van der Waals surface area contributed by atoms with Gasteiger partial charge in [0.05, 0.1) is 12.6 Å². The Balaban J connectivity index is 2.17.